The summed E-state index contributed by atoms with van der Waals surface area (Å²) in [6.45, 7) is 4.51. The van der Waals surface area contributed by atoms with Gasteiger partial charge in [-0.3, -0.25) is 4.79 Å². The molecule has 0 aliphatic heterocycles. The Labute approximate surface area is 145 Å². The quantitative estimate of drug-likeness (QED) is 0.663. The van der Waals surface area contributed by atoms with Gasteiger partial charge in [0, 0.05) is 27.6 Å². The molecule has 0 aromatic carbocycles. The molecule has 1 aliphatic carbocycles. The van der Waals surface area contributed by atoms with E-state index in [2.05, 4.69) is 18.8 Å². The van der Waals surface area contributed by atoms with Crippen LogP contribution in [0, 0.1) is 5.92 Å². The third-order valence-electron chi connectivity index (χ3n) is 5.67. The van der Waals surface area contributed by atoms with Crippen LogP contribution in [0.2, 0.25) is 0 Å². The first kappa shape index (κ1) is 15.7. The van der Waals surface area contributed by atoms with Crippen molar-refractivity contribution < 1.29 is 4.42 Å². The van der Waals surface area contributed by atoms with Gasteiger partial charge in [-0.05, 0) is 30.2 Å². The van der Waals surface area contributed by atoms with Gasteiger partial charge in [0.25, 0.3) is 0 Å². The van der Waals surface area contributed by atoms with Gasteiger partial charge in [0.15, 0.2) is 5.43 Å². The van der Waals surface area contributed by atoms with E-state index in [-0.39, 0.29) is 10.8 Å². The molecule has 0 spiro atoms. The van der Waals surface area contributed by atoms with Crippen molar-refractivity contribution in [2.24, 2.45) is 5.92 Å². The average Bonchev–Trinajstić information content (AvgIpc) is 3.24. The van der Waals surface area contributed by atoms with E-state index >= 15 is 0 Å². The van der Waals surface area contributed by atoms with Crippen molar-refractivity contribution in [3.63, 3.8) is 0 Å². The van der Waals surface area contributed by atoms with Crippen LogP contribution in [0.1, 0.15) is 51.6 Å². The molecule has 0 amide bonds. The molecular formula is C20H23NO2S. The maximum Gasteiger partial charge on any atom is 0.208 e. The van der Waals surface area contributed by atoms with E-state index in [9.17, 15) is 4.79 Å². The van der Waals surface area contributed by atoms with Gasteiger partial charge in [-0.2, -0.15) is 0 Å². The van der Waals surface area contributed by atoms with E-state index in [0.717, 1.165) is 16.1 Å². The summed E-state index contributed by atoms with van der Waals surface area (Å²) in [5.74, 6) is 0.617. The van der Waals surface area contributed by atoms with Crippen molar-refractivity contribution in [3.8, 4) is 10.4 Å². The van der Waals surface area contributed by atoms with Gasteiger partial charge in [0.1, 0.15) is 6.26 Å². The van der Waals surface area contributed by atoms with E-state index in [1.54, 1.807) is 23.7 Å². The first-order chi connectivity index (χ1) is 11.6. The van der Waals surface area contributed by atoms with Gasteiger partial charge < -0.3 is 9.40 Å². The van der Waals surface area contributed by atoms with Crippen LogP contribution in [0.3, 0.4) is 0 Å². The minimum atomic E-state index is -0.0380. The lowest BCUT2D eigenvalue weighted by molar-refractivity contribution is 0.231. The molecule has 3 aromatic heterocycles. The first-order valence-electron chi connectivity index (χ1n) is 8.76. The Bertz CT molecular complexity index is 896. The molecule has 1 aliphatic rings. The summed E-state index contributed by atoms with van der Waals surface area (Å²) in [4.78, 5) is 17.3. The number of rotatable bonds is 3. The number of fused-ring (bicyclic) bond motifs is 1. The third-order valence-corrected chi connectivity index (χ3v) is 6.57. The maximum atomic E-state index is 12.8. The normalized spacial score (nSPS) is 16.8. The molecule has 0 atom stereocenters. The molecule has 0 bridgehead atoms. The maximum absolute atomic E-state index is 12.8. The third kappa shape index (κ3) is 2.53. The summed E-state index contributed by atoms with van der Waals surface area (Å²) in [7, 11) is 0. The first-order valence-corrected chi connectivity index (χ1v) is 9.64. The van der Waals surface area contributed by atoms with Crippen LogP contribution in [0.4, 0.5) is 0 Å². The van der Waals surface area contributed by atoms with Gasteiger partial charge >= 0.3 is 0 Å². The van der Waals surface area contributed by atoms with Crippen LogP contribution in [0.5, 0.6) is 0 Å². The van der Waals surface area contributed by atoms with Crippen molar-refractivity contribution in [2.75, 3.05) is 0 Å². The Morgan fingerprint density at radius 3 is 2.75 bits per heavy atom. The number of hydrogen-bond acceptors (Lipinski definition) is 3. The van der Waals surface area contributed by atoms with Gasteiger partial charge in [0.05, 0.1) is 5.39 Å². The molecule has 3 heterocycles. The van der Waals surface area contributed by atoms with E-state index in [1.807, 2.05) is 17.5 Å². The summed E-state index contributed by atoms with van der Waals surface area (Å²) < 4.78 is 5.73. The van der Waals surface area contributed by atoms with Crippen LogP contribution in [0.25, 0.3) is 21.5 Å². The molecule has 0 unspecified atom stereocenters. The van der Waals surface area contributed by atoms with Crippen LogP contribution >= 0.6 is 11.3 Å². The largest absolute Gasteiger partial charge is 0.447 e. The van der Waals surface area contributed by atoms with E-state index < -0.39 is 0 Å². The Kier molecular flexibility index (Phi) is 3.87. The second-order valence-corrected chi connectivity index (χ2v) is 8.38. The highest BCUT2D eigenvalue weighted by atomic mass is 32.1. The molecular weight excluding hydrogens is 318 g/mol. The SMILES string of the molecule is CC(C)(c1cc(=O)c2c(-c3cccs3)coc2[nH]1)C1CCCCC1. The smallest absolute Gasteiger partial charge is 0.208 e. The van der Waals surface area contributed by atoms with Crippen molar-refractivity contribution in [1.82, 2.24) is 4.98 Å². The van der Waals surface area contributed by atoms with Crippen LogP contribution < -0.4 is 5.43 Å². The van der Waals surface area contributed by atoms with E-state index in [4.69, 9.17) is 4.42 Å². The Morgan fingerprint density at radius 2 is 2.04 bits per heavy atom. The van der Waals surface area contributed by atoms with Crippen molar-refractivity contribution in [3.05, 3.63) is 45.8 Å². The van der Waals surface area contributed by atoms with Gasteiger partial charge in [-0.25, -0.2) is 0 Å². The van der Waals surface area contributed by atoms with Gasteiger partial charge in [0.2, 0.25) is 5.71 Å². The van der Waals surface area contributed by atoms with Gasteiger partial charge in [-0.15, -0.1) is 11.3 Å². The average molecular weight is 341 g/mol. The molecule has 3 nitrogen and oxygen atoms in total. The highest BCUT2D eigenvalue weighted by Crippen LogP contribution is 2.40. The second kappa shape index (κ2) is 5.92. The summed E-state index contributed by atoms with van der Waals surface area (Å²) in [6, 6.07) is 5.81. The molecule has 24 heavy (non-hydrogen) atoms. The summed E-state index contributed by atoms with van der Waals surface area (Å²) >= 11 is 1.62. The highest BCUT2D eigenvalue weighted by molar-refractivity contribution is 7.13. The van der Waals surface area contributed by atoms with Crippen LogP contribution in [0.15, 0.2) is 39.1 Å². The Morgan fingerprint density at radius 1 is 1.25 bits per heavy atom. The molecule has 1 N–H and O–H groups in total. The zero-order valence-electron chi connectivity index (χ0n) is 14.2. The zero-order chi connectivity index (χ0) is 16.7. The molecule has 3 aromatic rings. The van der Waals surface area contributed by atoms with Crippen LogP contribution in [-0.4, -0.2) is 4.98 Å². The predicted octanol–water partition coefficient (Wildman–Crippen LogP) is 5.71. The molecule has 126 valence electrons. The number of H-pyrrole nitrogens is 1. The topological polar surface area (TPSA) is 46.0 Å². The molecule has 0 saturated heterocycles. The number of aromatic amines is 1. The second-order valence-electron chi connectivity index (χ2n) is 7.43. The molecule has 4 heteroatoms. The fourth-order valence-corrected chi connectivity index (χ4v) is 4.80. The minimum absolute atomic E-state index is 0.0380. The fourth-order valence-electron chi connectivity index (χ4n) is 4.06. The summed E-state index contributed by atoms with van der Waals surface area (Å²) in [5, 5.41) is 2.68. The molecule has 1 saturated carbocycles. The fraction of sp³-hybridized carbons (Fsp3) is 0.450. The molecule has 0 radical (unpaired) electrons. The number of furan rings is 1. The highest BCUT2D eigenvalue weighted by Gasteiger charge is 2.33. The monoisotopic (exact) mass is 341 g/mol. The van der Waals surface area contributed by atoms with Crippen LogP contribution in [-0.2, 0) is 5.41 Å². The Hall–Kier alpha value is -1.81. The number of pyridine rings is 1. The standard InChI is InChI=1S/C20H23NO2S/c1-20(2,13-7-4-3-5-8-13)17-11-15(22)18-14(12-23-19(18)21-17)16-9-6-10-24-16/h6,9-13H,3-5,7-8H2,1-2H3,(H,21,22). The number of nitrogens with one attached hydrogen (secondary N) is 1. The van der Waals surface area contributed by atoms with Crippen molar-refractivity contribution >= 4 is 22.4 Å². The number of aromatic nitrogens is 1. The summed E-state index contributed by atoms with van der Waals surface area (Å²) in [5.41, 5.74) is 2.51. The number of thiophene rings is 1. The Balaban J connectivity index is 1.80. The molecule has 4 rings (SSSR count). The van der Waals surface area contributed by atoms with Crippen molar-refractivity contribution in [2.45, 2.75) is 51.4 Å². The van der Waals surface area contributed by atoms with Crippen molar-refractivity contribution in [1.29, 1.82) is 0 Å². The lowest BCUT2D eigenvalue weighted by atomic mass is 9.69. The lowest BCUT2D eigenvalue weighted by Gasteiger charge is -2.37. The summed E-state index contributed by atoms with van der Waals surface area (Å²) in [6.07, 6.45) is 8.11. The van der Waals surface area contributed by atoms with E-state index in [1.165, 1.54) is 32.1 Å². The lowest BCUT2D eigenvalue weighted by Crippen LogP contribution is -2.32. The predicted molar refractivity (Wildman–Crippen MR) is 99.7 cm³/mol. The number of hydrogen-bond donors (Lipinski definition) is 1. The zero-order valence-corrected chi connectivity index (χ0v) is 15.0. The van der Waals surface area contributed by atoms with Gasteiger partial charge in [-0.1, -0.05) is 39.2 Å². The minimum Gasteiger partial charge on any atom is -0.447 e. The molecule has 1 fully saturated rings. The van der Waals surface area contributed by atoms with E-state index in [0.29, 0.717) is 17.0 Å².